The lowest BCUT2D eigenvalue weighted by atomic mass is 9.79. The minimum Gasteiger partial charge on any atom is -0.475 e. The van der Waals surface area contributed by atoms with Crippen molar-refractivity contribution in [3.05, 3.63) is 23.8 Å². The van der Waals surface area contributed by atoms with Gasteiger partial charge in [-0.1, -0.05) is 19.3 Å². The van der Waals surface area contributed by atoms with Gasteiger partial charge in [0, 0.05) is 11.6 Å². The molecule has 1 spiro atoms. The van der Waals surface area contributed by atoms with Gasteiger partial charge in [0.1, 0.15) is 16.9 Å². The Labute approximate surface area is 167 Å². The van der Waals surface area contributed by atoms with E-state index in [2.05, 4.69) is 9.97 Å². The Balaban J connectivity index is 1.88. The zero-order chi connectivity index (χ0) is 21.0. The first kappa shape index (κ1) is 19.4. The molecule has 2 aliphatic rings. The van der Waals surface area contributed by atoms with Gasteiger partial charge in [0.05, 0.1) is 12.1 Å². The van der Waals surface area contributed by atoms with Crippen molar-refractivity contribution < 1.29 is 24.2 Å². The summed E-state index contributed by atoms with van der Waals surface area (Å²) in [6.45, 7) is 5.46. The van der Waals surface area contributed by atoms with Gasteiger partial charge in [0.15, 0.2) is 0 Å². The maximum absolute atomic E-state index is 13.2. The summed E-state index contributed by atoms with van der Waals surface area (Å²) in [6.07, 6.45) is 5.26. The van der Waals surface area contributed by atoms with E-state index in [1.54, 1.807) is 26.8 Å². The number of aromatic carboxylic acids is 1. The van der Waals surface area contributed by atoms with Crippen LogP contribution in [0.25, 0.3) is 11.0 Å². The SMILES string of the molecule is CC(C)(C)OC(=O)N1CC2(CCCCC2)n2c(cc3cnc(C(=O)O)nc32)C1=O. The van der Waals surface area contributed by atoms with Crippen molar-refractivity contribution in [1.82, 2.24) is 19.4 Å². The molecule has 0 radical (unpaired) electrons. The third-order valence-corrected chi connectivity index (χ3v) is 5.52. The normalized spacial score (nSPS) is 18.7. The molecule has 3 heterocycles. The highest BCUT2D eigenvalue weighted by Gasteiger charge is 2.47. The molecule has 29 heavy (non-hydrogen) atoms. The number of hydrogen-bond donors (Lipinski definition) is 1. The Morgan fingerprint density at radius 3 is 2.52 bits per heavy atom. The van der Waals surface area contributed by atoms with Crippen LogP contribution in [0.2, 0.25) is 0 Å². The molecule has 1 fully saturated rings. The monoisotopic (exact) mass is 400 g/mol. The molecule has 1 aliphatic heterocycles. The summed E-state index contributed by atoms with van der Waals surface area (Å²) in [4.78, 5) is 46.6. The number of carbonyl (C=O) groups is 3. The number of carbonyl (C=O) groups excluding carboxylic acids is 2. The predicted octanol–water partition coefficient (Wildman–Crippen LogP) is 3.18. The maximum Gasteiger partial charge on any atom is 0.417 e. The van der Waals surface area contributed by atoms with Crippen LogP contribution >= 0.6 is 0 Å². The summed E-state index contributed by atoms with van der Waals surface area (Å²) < 4.78 is 7.32. The highest BCUT2D eigenvalue weighted by Crippen LogP contribution is 2.42. The number of fused-ring (bicyclic) bond motifs is 4. The van der Waals surface area contributed by atoms with Gasteiger partial charge >= 0.3 is 12.1 Å². The van der Waals surface area contributed by atoms with Crippen LogP contribution in [0, 0.1) is 0 Å². The number of ether oxygens (including phenoxy) is 1. The molecule has 1 saturated carbocycles. The number of nitrogens with zero attached hydrogens (tertiary/aromatic N) is 4. The average molecular weight is 400 g/mol. The van der Waals surface area contributed by atoms with Gasteiger partial charge in [-0.3, -0.25) is 4.79 Å². The highest BCUT2D eigenvalue weighted by atomic mass is 16.6. The van der Waals surface area contributed by atoms with Crippen molar-refractivity contribution in [3.63, 3.8) is 0 Å². The number of carboxylic acids is 1. The lowest BCUT2D eigenvalue weighted by molar-refractivity contribution is 0.00755. The van der Waals surface area contributed by atoms with Gasteiger partial charge in [-0.25, -0.2) is 24.5 Å². The molecule has 1 aliphatic carbocycles. The van der Waals surface area contributed by atoms with Gasteiger partial charge in [-0.05, 0) is 39.7 Å². The zero-order valence-electron chi connectivity index (χ0n) is 16.8. The Bertz CT molecular complexity index is 1010. The predicted molar refractivity (Wildman–Crippen MR) is 103 cm³/mol. The lowest BCUT2D eigenvalue weighted by Crippen LogP contribution is -2.56. The molecule has 0 aromatic carbocycles. The largest absolute Gasteiger partial charge is 0.475 e. The van der Waals surface area contributed by atoms with Crippen LogP contribution in [0.5, 0.6) is 0 Å². The second-order valence-corrected chi connectivity index (χ2v) is 8.80. The third kappa shape index (κ3) is 3.24. The summed E-state index contributed by atoms with van der Waals surface area (Å²) in [5.74, 6) is -2.01. The van der Waals surface area contributed by atoms with Crippen LogP contribution < -0.4 is 0 Å². The fourth-order valence-electron chi connectivity index (χ4n) is 4.36. The fourth-order valence-corrected chi connectivity index (χ4v) is 4.36. The standard InChI is InChI=1S/C20H24N4O5/c1-19(2,3)29-18(28)23-11-20(7-5-4-6-8-20)24-13(16(23)25)9-12-10-21-14(17(26)27)22-15(12)24/h9-10H,4-8,11H2,1-3H3,(H,26,27). The van der Waals surface area contributed by atoms with Crippen LogP contribution in [0.1, 0.15) is 74.0 Å². The second kappa shape index (κ2) is 6.53. The van der Waals surface area contributed by atoms with Crippen molar-refractivity contribution in [1.29, 1.82) is 0 Å². The number of carboxylic acid groups (broad SMARTS) is 1. The van der Waals surface area contributed by atoms with E-state index in [-0.39, 0.29) is 12.4 Å². The minimum atomic E-state index is -1.22. The number of hydrogen-bond acceptors (Lipinski definition) is 6. The first-order valence-electron chi connectivity index (χ1n) is 9.78. The molecule has 0 bridgehead atoms. The van der Waals surface area contributed by atoms with Gasteiger partial charge in [-0.2, -0.15) is 0 Å². The molecule has 0 unspecified atom stereocenters. The van der Waals surface area contributed by atoms with Crippen molar-refractivity contribution >= 4 is 29.0 Å². The lowest BCUT2D eigenvalue weighted by Gasteiger charge is -2.46. The first-order chi connectivity index (χ1) is 13.6. The molecule has 9 nitrogen and oxygen atoms in total. The molecule has 2 aromatic rings. The molecule has 0 saturated heterocycles. The van der Waals surface area contributed by atoms with Crippen molar-refractivity contribution in [2.45, 2.75) is 64.0 Å². The van der Waals surface area contributed by atoms with E-state index in [1.807, 2.05) is 4.57 Å². The zero-order valence-corrected chi connectivity index (χ0v) is 16.8. The van der Waals surface area contributed by atoms with Crippen LogP contribution in [-0.2, 0) is 10.3 Å². The quantitative estimate of drug-likeness (QED) is 0.782. The van der Waals surface area contributed by atoms with Gasteiger partial charge in [-0.15, -0.1) is 0 Å². The topological polar surface area (TPSA) is 115 Å². The molecule has 2 amide bonds. The maximum atomic E-state index is 13.2. The first-order valence-corrected chi connectivity index (χ1v) is 9.78. The molecular formula is C20H24N4O5. The molecule has 0 atom stereocenters. The molecule has 9 heteroatoms. The third-order valence-electron chi connectivity index (χ3n) is 5.52. The summed E-state index contributed by atoms with van der Waals surface area (Å²) in [5, 5.41) is 9.87. The Kier molecular flexibility index (Phi) is 4.36. The molecular weight excluding hydrogens is 376 g/mol. The van der Waals surface area contributed by atoms with Crippen molar-refractivity contribution in [2.24, 2.45) is 0 Å². The van der Waals surface area contributed by atoms with Gasteiger partial charge < -0.3 is 14.4 Å². The van der Waals surface area contributed by atoms with E-state index in [4.69, 9.17) is 4.74 Å². The van der Waals surface area contributed by atoms with E-state index in [9.17, 15) is 19.5 Å². The van der Waals surface area contributed by atoms with Crippen molar-refractivity contribution in [3.8, 4) is 0 Å². The Morgan fingerprint density at radius 2 is 1.90 bits per heavy atom. The van der Waals surface area contributed by atoms with E-state index in [0.29, 0.717) is 16.7 Å². The van der Waals surface area contributed by atoms with E-state index in [1.165, 1.54) is 11.1 Å². The van der Waals surface area contributed by atoms with Gasteiger partial charge in [0.25, 0.3) is 5.91 Å². The van der Waals surface area contributed by atoms with E-state index >= 15 is 0 Å². The molecule has 154 valence electrons. The molecule has 4 rings (SSSR count). The van der Waals surface area contributed by atoms with Crippen molar-refractivity contribution in [2.75, 3.05) is 6.54 Å². The summed E-state index contributed by atoms with van der Waals surface area (Å²) >= 11 is 0. The second-order valence-electron chi connectivity index (χ2n) is 8.80. The van der Waals surface area contributed by atoms with E-state index < -0.39 is 29.1 Å². The Hall–Kier alpha value is -2.97. The molecule has 1 N–H and O–H groups in total. The summed E-state index contributed by atoms with van der Waals surface area (Å²) in [5.41, 5.74) is -0.504. The van der Waals surface area contributed by atoms with Crippen LogP contribution in [-0.4, -0.2) is 54.7 Å². The number of amides is 2. The minimum absolute atomic E-state index is 0.184. The van der Waals surface area contributed by atoms with Gasteiger partial charge in [0.2, 0.25) is 5.82 Å². The van der Waals surface area contributed by atoms with Crippen LogP contribution in [0.4, 0.5) is 4.79 Å². The summed E-state index contributed by atoms with van der Waals surface area (Å²) in [7, 11) is 0. The number of imide groups is 1. The van der Waals surface area contributed by atoms with Crippen LogP contribution in [0.15, 0.2) is 12.3 Å². The van der Waals surface area contributed by atoms with E-state index in [0.717, 1.165) is 32.1 Å². The van der Waals surface area contributed by atoms with Crippen LogP contribution in [0.3, 0.4) is 0 Å². The molecule has 2 aromatic heterocycles. The number of aromatic nitrogens is 3. The smallest absolute Gasteiger partial charge is 0.417 e. The number of rotatable bonds is 1. The average Bonchev–Trinajstić information content (AvgIpc) is 3.04. The highest BCUT2D eigenvalue weighted by molar-refractivity contribution is 6.06. The summed E-state index contributed by atoms with van der Waals surface area (Å²) in [6, 6.07) is 1.64. The fraction of sp³-hybridized carbons (Fsp3) is 0.550. The Morgan fingerprint density at radius 1 is 1.21 bits per heavy atom.